The summed E-state index contributed by atoms with van der Waals surface area (Å²) in [6.45, 7) is 0.997. The Bertz CT molecular complexity index is 740. The van der Waals surface area contributed by atoms with E-state index in [1.165, 1.54) is 27.7 Å². The number of hydrogen-bond donors (Lipinski definition) is 0. The van der Waals surface area contributed by atoms with Crippen molar-refractivity contribution < 1.29 is 0 Å². The highest BCUT2D eigenvalue weighted by Gasteiger charge is 2.19. The molecule has 4 rings (SSSR count). The van der Waals surface area contributed by atoms with Crippen molar-refractivity contribution in [1.29, 1.82) is 0 Å². The highest BCUT2D eigenvalue weighted by Crippen LogP contribution is 2.37. The molecule has 0 radical (unpaired) electrons. The lowest BCUT2D eigenvalue weighted by molar-refractivity contribution is 0.887. The molecule has 3 aromatic rings. The van der Waals surface area contributed by atoms with Gasteiger partial charge in [0.25, 0.3) is 0 Å². The second kappa shape index (κ2) is 3.23. The predicted octanol–water partition coefficient (Wildman–Crippen LogP) is 4.43. The zero-order valence-electron chi connectivity index (χ0n) is 9.15. The standard InChI is InChI=1S/C15H10BrN/c16-12-5-6-14-11(7-12)8-15-13-4-2-1-3-10(13)9-17(14)15/h1-8H,9H2. The van der Waals surface area contributed by atoms with E-state index in [4.69, 9.17) is 0 Å². The van der Waals surface area contributed by atoms with Crippen LogP contribution in [0.3, 0.4) is 0 Å². The molecule has 82 valence electrons. The number of aromatic nitrogens is 1. The van der Waals surface area contributed by atoms with Crippen molar-refractivity contribution in [3.63, 3.8) is 0 Å². The zero-order chi connectivity index (χ0) is 11.4. The minimum atomic E-state index is 0.997. The van der Waals surface area contributed by atoms with E-state index in [0.29, 0.717) is 0 Å². The van der Waals surface area contributed by atoms with Gasteiger partial charge in [-0.15, -0.1) is 0 Å². The molecule has 2 heteroatoms. The first-order chi connectivity index (χ1) is 8.33. The molecule has 1 nitrogen and oxygen atoms in total. The summed E-state index contributed by atoms with van der Waals surface area (Å²) in [5, 5.41) is 1.31. The third-order valence-electron chi connectivity index (χ3n) is 3.49. The molecular formula is C15H10BrN. The molecule has 0 atom stereocenters. The number of hydrogen-bond acceptors (Lipinski definition) is 0. The molecular weight excluding hydrogens is 274 g/mol. The maximum atomic E-state index is 3.53. The molecule has 0 amide bonds. The van der Waals surface area contributed by atoms with Gasteiger partial charge in [-0.25, -0.2) is 0 Å². The van der Waals surface area contributed by atoms with Crippen molar-refractivity contribution in [2.75, 3.05) is 0 Å². The SMILES string of the molecule is Brc1ccc2c(c1)cc1n2Cc2ccccc2-1. The van der Waals surface area contributed by atoms with Gasteiger partial charge in [0.05, 0.1) is 0 Å². The fourth-order valence-electron chi connectivity index (χ4n) is 2.71. The third-order valence-corrected chi connectivity index (χ3v) is 3.98. The average Bonchev–Trinajstić information content (AvgIpc) is 2.84. The first-order valence-corrected chi connectivity index (χ1v) is 6.49. The summed E-state index contributed by atoms with van der Waals surface area (Å²) in [5.74, 6) is 0. The van der Waals surface area contributed by atoms with Crippen LogP contribution < -0.4 is 0 Å². The monoisotopic (exact) mass is 283 g/mol. The Kier molecular flexibility index (Phi) is 1.80. The van der Waals surface area contributed by atoms with Crippen molar-refractivity contribution >= 4 is 26.8 Å². The van der Waals surface area contributed by atoms with E-state index in [1.54, 1.807) is 0 Å². The first-order valence-electron chi connectivity index (χ1n) is 5.70. The second-order valence-corrected chi connectivity index (χ2v) is 5.39. The summed E-state index contributed by atoms with van der Waals surface area (Å²) < 4.78 is 3.54. The topological polar surface area (TPSA) is 4.93 Å². The number of rotatable bonds is 0. The summed E-state index contributed by atoms with van der Waals surface area (Å²) in [4.78, 5) is 0. The molecule has 2 aromatic carbocycles. The lowest BCUT2D eigenvalue weighted by Gasteiger charge is -2.00. The van der Waals surface area contributed by atoms with Crippen LogP contribution in [0.4, 0.5) is 0 Å². The van der Waals surface area contributed by atoms with E-state index in [0.717, 1.165) is 11.0 Å². The summed E-state index contributed by atoms with van der Waals surface area (Å²) in [7, 11) is 0. The summed E-state index contributed by atoms with van der Waals surface area (Å²) in [6, 6.07) is 17.4. The molecule has 0 saturated heterocycles. The van der Waals surface area contributed by atoms with Gasteiger partial charge < -0.3 is 4.57 Å². The number of nitrogens with zero attached hydrogens (tertiary/aromatic N) is 1. The van der Waals surface area contributed by atoms with Crippen molar-refractivity contribution in [2.24, 2.45) is 0 Å². The van der Waals surface area contributed by atoms with Crippen LogP contribution in [0, 0.1) is 0 Å². The van der Waals surface area contributed by atoms with Gasteiger partial charge in [-0.1, -0.05) is 40.2 Å². The Morgan fingerprint density at radius 3 is 2.82 bits per heavy atom. The Morgan fingerprint density at radius 1 is 1.00 bits per heavy atom. The van der Waals surface area contributed by atoms with Crippen LogP contribution >= 0.6 is 15.9 Å². The molecule has 17 heavy (non-hydrogen) atoms. The Balaban J connectivity index is 2.08. The van der Waals surface area contributed by atoms with Gasteiger partial charge >= 0.3 is 0 Å². The van der Waals surface area contributed by atoms with E-state index in [-0.39, 0.29) is 0 Å². The van der Waals surface area contributed by atoms with Crippen LogP contribution in [0.15, 0.2) is 53.0 Å². The molecule has 0 spiro atoms. The maximum absolute atomic E-state index is 3.53. The highest BCUT2D eigenvalue weighted by atomic mass is 79.9. The van der Waals surface area contributed by atoms with Crippen molar-refractivity contribution in [3.05, 3.63) is 58.6 Å². The maximum Gasteiger partial charge on any atom is 0.0497 e. The Labute approximate surface area is 108 Å². The van der Waals surface area contributed by atoms with Gasteiger partial charge in [0, 0.05) is 33.2 Å². The van der Waals surface area contributed by atoms with E-state index in [1.807, 2.05) is 0 Å². The first kappa shape index (κ1) is 9.49. The molecule has 0 fully saturated rings. The highest BCUT2D eigenvalue weighted by molar-refractivity contribution is 9.10. The van der Waals surface area contributed by atoms with E-state index in [2.05, 4.69) is 69.0 Å². The van der Waals surface area contributed by atoms with E-state index < -0.39 is 0 Å². The molecule has 1 aliphatic heterocycles. The summed E-state index contributed by atoms with van der Waals surface area (Å²) >= 11 is 3.53. The summed E-state index contributed by atoms with van der Waals surface area (Å²) in [6.07, 6.45) is 0. The largest absolute Gasteiger partial charge is 0.336 e. The fraction of sp³-hybridized carbons (Fsp3) is 0.0667. The Hall–Kier alpha value is -1.54. The summed E-state index contributed by atoms with van der Waals surface area (Å²) in [5.41, 5.74) is 5.46. The van der Waals surface area contributed by atoms with Gasteiger partial charge in [-0.05, 0) is 29.8 Å². The minimum Gasteiger partial charge on any atom is -0.336 e. The van der Waals surface area contributed by atoms with Crippen LogP contribution in [0.2, 0.25) is 0 Å². The van der Waals surface area contributed by atoms with E-state index in [9.17, 15) is 0 Å². The quantitative estimate of drug-likeness (QED) is 0.450. The smallest absolute Gasteiger partial charge is 0.0497 e. The second-order valence-electron chi connectivity index (χ2n) is 4.48. The van der Waals surface area contributed by atoms with Crippen LogP contribution in [-0.4, -0.2) is 4.57 Å². The zero-order valence-corrected chi connectivity index (χ0v) is 10.7. The van der Waals surface area contributed by atoms with Gasteiger partial charge in [0.2, 0.25) is 0 Å². The van der Waals surface area contributed by atoms with Crippen LogP contribution in [0.25, 0.3) is 22.2 Å². The number of halogens is 1. The van der Waals surface area contributed by atoms with Crippen LogP contribution in [0.5, 0.6) is 0 Å². The predicted molar refractivity (Wildman–Crippen MR) is 74.2 cm³/mol. The molecule has 0 unspecified atom stereocenters. The molecule has 0 N–H and O–H groups in total. The molecule has 2 heterocycles. The van der Waals surface area contributed by atoms with Crippen LogP contribution in [0.1, 0.15) is 5.56 Å². The molecule has 1 aromatic heterocycles. The number of fused-ring (bicyclic) bond motifs is 5. The minimum absolute atomic E-state index is 0.997. The average molecular weight is 284 g/mol. The van der Waals surface area contributed by atoms with Gasteiger partial charge in [0.15, 0.2) is 0 Å². The van der Waals surface area contributed by atoms with Crippen LogP contribution in [-0.2, 0) is 6.54 Å². The third kappa shape index (κ3) is 1.25. The molecule has 1 aliphatic rings. The van der Waals surface area contributed by atoms with Crippen molar-refractivity contribution in [1.82, 2.24) is 4.57 Å². The normalized spacial score (nSPS) is 12.8. The van der Waals surface area contributed by atoms with Gasteiger partial charge in [0.1, 0.15) is 0 Å². The van der Waals surface area contributed by atoms with Crippen molar-refractivity contribution in [2.45, 2.75) is 6.54 Å². The lowest BCUT2D eigenvalue weighted by Crippen LogP contribution is -1.91. The Morgan fingerprint density at radius 2 is 1.88 bits per heavy atom. The molecule has 0 saturated carbocycles. The van der Waals surface area contributed by atoms with Gasteiger partial charge in [-0.3, -0.25) is 0 Å². The molecule has 0 aliphatic carbocycles. The fourth-order valence-corrected chi connectivity index (χ4v) is 3.09. The van der Waals surface area contributed by atoms with E-state index >= 15 is 0 Å². The number of benzene rings is 2. The van der Waals surface area contributed by atoms with Crippen molar-refractivity contribution in [3.8, 4) is 11.3 Å². The molecule has 0 bridgehead atoms. The van der Waals surface area contributed by atoms with Gasteiger partial charge in [-0.2, -0.15) is 0 Å². The lowest BCUT2D eigenvalue weighted by atomic mass is 10.1.